The number of nitrogens with one attached hydrogen (secondary N) is 1. The summed E-state index contributed by atoms with van der Waals surface area (Å²) >= 11 is 1.12. The van der Waals surface area contributed by atoms with Gasteiger partial charge < -0.3 is 5.32 Å². The first-order chi connectivity index (χ1) is 14.5. The summed E-state index contributed by atoms with van der Waals surface area (Å²) in [6.07, 6.45) is 4.02. The van der Waals surface area contributed by atoms with Crippen molar-refractivity contribution in [2.75, 3.05) is 11.1 Å². The Balaban J connectivity index is 1.77. The molecule has 5 nitrogen and oxygen atoms in total. The van der Waals surface area contributed by atoms with Crippen molar-refractivity contribution < 1.29 is 13.6 Å². The van der Waals surface area contributed by atoms with Crippen LogP contribution in [0.2, 0.25) is 0 Å². The van der Waals surface area contributed by atoms with Crippen LogP contribution >= 0.6 is 11.8 Å². The van der Waals surface area contributed by atoms with E-state index < -0.39 is 17.5 Å². The lowest BCUT2D eigenvalue weighted by Gasteiger charge is -2.13. The number of hydrogen-bond acceptors (Lipinski definition) is 4. The number of rotatable bonds is 9. The number of halogens is 2. The number of nitrogens with zero attached hydrogens (tertiary/aromatic N) is 2. The van der Waals surface area contributed by atoms with Crippen LogP contribution in [-0.2, 0) is 11.3 Å². The van der Waals surface area contributed by atoms with Gasteiger partial charge >= 0.3 is 0 Å². The van der Waals surface area contributed by atoms with Gasteiger partial charge in [0, 0.05) is 12.6 Å². The number of amides is 1. The van der Waals surface area contributed by atoms with Crippen LogP contribution in [0.15, 0.2) is 52.4 Å². The van der Waals surface area contributed by atoms with Gasteiger partial charge in [-0.2, -0.15) is 0 Å². The van der Waals surface area contributed by atoms with Gasteiger partial charge in [-0.1, -0.05) is 50.1 Å². The molecule has 0 aliphatic heterocycles. The van der Waals surface area contributed by atoms with Crippen LogP contribution in [0.5, 0.6) is 0 Å². The van der Waals surface area contributed by atoms with Crippen molar-refractivity contribution in [1.82, 2.24) is 9.55 Å². The fraction of sp³-hybridized carbons (Fsp3) is 0.318. The lowest BCUT2D eigenvalue weighted by atomic mass is 10.2. The van der Waals surface area contributed by atoms with Crippen molar-refractivity contribution in [1.29, 1.82) is 0 Å². The van der Waals surface area contributed by atoms with Crippen LogP contribution in [0.1, 0.15) is 32.6 Å². The van der Waals surface area contributed by atoms with Crippen molar-refractivity contribution >= 4 is 34.3 Å². The van der Waals surface area contributed by atoms with Crippen LogP contribution in [0.25, 0.3) is 10.9 Å². The molecule has 3 aromatic rings. The average Bonchev–Trinajstić information content (AvgIpc) is 2.73. The highest BCUT2D eigenvalue weighted by Crippen LogP contribution is 2.20. The molecule has 1 heterocycles. The number of carbonyl (C=O) groups is 1. The number of hydrogen-bond donors (Lipinski definition) is 1. The monoisotopic (exact) mass is 431 g/mol. The second-order valence-electron chi connectivity index (χ2n) is 6.89. The Morgan fingerprint density at radius 1 is 1.13 bits per heavy atom. The summed E-state index contributed by atoms with van der Waals surface area (Å²) in [6, 6.07) is 10.1. The molecule has 1 N–H and O–H groups in total. The van der Waals surface area contributed by atoms with E-state index in [1.807, 2.05) is 0 Å². The fourth-order valence-corrected chi connectivity index (χ4v) is 3.88. The Hall–Kier alpha value is -2.74. The van der Waals surface area contributed by atoms with Gasteiger partial charge in [0.25, 0.3) is 5.56 Å². The zero-order chi connectivity index (χ0) is 21.5. The van der Waals surface area contributed by atoms with Crippen LogP contribution in [0, 0.1) is 11.6 Å². The minimum absolute atomic E-state index is 0.0590. The molecule has 0 radical (unpaired) electrons. The normalized spacial score (nSPS) is 11.0. The molecule has 0 aliphatic carbocycles. The van der Waals surface area contributed by atoms with Gasteiger partial charge in [-0.15, -0.1) is 0 Å². The second-order valence-corrected chi connectivity index (χ2v) is 7.83. The first kappa shape index (κ1) is 22.0. The number of para-hydroxylation sites is 1. The van der Waals surface area contributed by atoms with Crippen molar-refractivity contribution in [2.45, 2.75) is 44.3 Å². The van der Waals surface area contributed by atoms with Crippen molar-refractivity contribution in [2.24, 2.45) is 0 Å². The molecule has 0 saturated heterocycles. The highest BCUT2D eigenvalue weighted by molar-refractivity contribution is 7.99. The van der Waals surface area contributed by atoms with E-state index in [9.17, 15) is 18.4 Å². The van der Waals surface area contributed by atoms with Gasteiger partial charge in [-0.3, -0.25) is 14.2 Å². The van der Waals surface area contributed by atoms with Crippen LogP contribution in [0.3, 0.4) is 0 Å². The van der Waals surface area contributed by atoms with Crippen molar-refractivity contribution in [3.05, 3.63) is 64.5 Å². The van der Waals surface area contributed by atoms with Gasteiger partial charge in [0.05, 0.1) is 22.3 Å². The Morgan fingerprint density at radius 2 is 1.93 bits per heavy atom. The van der Waals surface area contributed by atoms with E-state index >= 15 is 0 Å². The average molecular weight is 432 g/mol. The van der Waals surface area contributed by atoms with E-state index in [4.69, 9.17) is 0 Å². The number of thioether (sulfide) groups is 1. The summed E-state index contributed by atoms with van der Waals surface area (Å²) in [6.45, 7) is 2.64. The molecule has 0 unspecified atom stereocenters. The maximum Gasteiger partial charge on any atom is 0.262 e. The molecule has 0 atom stereocenters. The number of unbranched alkanes of at least 4 members (excludes halogenated alkanes) is 3. The van der Waals surface area contributed by atoms with Gasteiger partial charge in [0.15, 0.2) is 5.16 Å². The first-order valence-electron chi connectivity index (χ1n) is 9.87. The molecule has 0 saturated carbocycles. The molecule has 158 valence electrons. The van der Waals surface area contributed by atoms with Gasteiger partial charge in [-0.25, -0.2) is 13.8 Å². The lowest BCUT2D eigenvalue weighted by molar-refractivity contribution is -0.113. The van der Waals surface area contributed by atoms with Gasteiger partial charge in [-0.05, 0) is 30.7 Å². The molecule has 30 heavy (non-hydrogen) atoms. The smallest absolute Gasteiger partial charge is 0.262 e. The molecule has 1 amide bonds. The minimum Gasteiger partial charge on any atom is -0.323 e. The van der Waals surface area contributed by atoms with Gasteiger partial charge in [0.1, 0.15) is 11.6 Å². The van der Waals surface area contributed by atoms with Crippen LogP contribution in [0.4, 0.5) is 14.5 Å². The molecule has 8 heteroatoms. The summed E-state index contributed by atoms with van der Waals surface area (Å²) in [5.74, 6) is -2.08. The van der Waals surface area contributed by atoms with Crippen LogP contribution in [-0.4, -0.2) is 21.2 Å². The predicted octanol–water partition coefficient (Wildman–Crippen LogP) is 4.99. The zero-order valence-corrected chi connectivity index (χ0v) is 17.5. The van der Waals surface area contributed by atoms with E-state index in [0.29, 0.717) is 28.7 Å². The molecule has 0 bridgehead atoms. The summed E-state index contributed by atoms with van der Waals surface area (Å²) in [7, 11) is 0. The number of carbonyl (C=O) groups excluding carboxylic acids is 1. The number of anilines is 1. The molecule has 0 fully saturated rings. The van der Waals surface area contributed by atoms with E-state index in [1.54, 1.807) is 28.8 Å². The highest BCUT2D eigenvalue weighted by Gasteiger charge is 2.14. The highest BCUT2D eigenvalue weighted by atomic mass is 32.2. The second kappa shape index (κ2) is 10.3. The Bertz CT molecular complexity index is 1100. The first-order valence-corrected chi connectivity index (χ1v) is 10.9. The topological polar surface area (TPSA) is 64.0 Å². The minimum atomic E-state index is -0.843. The number of aromatic nitrogens is 2. The van der Waals surface area contributed by atoms with E-state index in [0.717, 1.165) is 43.5 Å². The molecule has 3 rings (SSSR count). The summed E-state index contributed by atoms with van der Waals surface area (Å²) in [5, 5.41) is 3.41. The third-order valence-electron chi connectivity index (χ3n) is 4.60. The van der Waals surface area contributed by atoms with E-state index in [2.05, 4.69) is 17.2 Å². The largest absolute Gasteiger partial charge is 0.323 e. The number of benzene rings is 2. The molecular weight excluding hydrogens is 408 g/mol. The third kappa shape index (κ3) is 5.44. The molecule has 0 spiro atoms. The standard InChI is InChI=1S/C22H23F2N3O2S/c1-2-3-4-7-12-27-21(29)16-8-5-6-9-18(16)26-22(27)30-14-20(28)25-19-11-10-15(23)13-17(19)24/h5-6,8-11,13H,2-4,7,12,14H2,1H3,(H,25,28). The predicted molar refractivity (Wildman–Crippen MR) is 116 cm³/mol. The van der Waals surface area contributed by atoms with E-state index in [1.165, 1.54) is 6.07 Å². The lowest BCUT2D eigenvalue weighted by Crippen LogP contribution is -2.24. The van der Waals surface area contributed by atoms with Crippen molar-refractivity contribution in [3.63, 3.8) is 0 Å². The Labute approximate surface area is 177 Å². The third-order valence-corrected chi connectivity index (χ3v) is 5.58. The quantitative estimate of drug-likeness (QED) is 0.295. The van der Waals surface area contributed by atoms with Gasteiger partial charge in [0.2, 0.25) is 5.91 Å². The SMILES string of the molecule is CCCCCCn1c(SCC(=O)Nc2ccc(F)cc2F)nc2ccccc2c1=O. The van der Waals surface area contributed by atoms with Crippen molar-refractivity contribution in [3.8, 4) is 0 Å². The Morgan fingerprint density at radius 3 is 2.70 bits per heavy atom. The summed E-state index contributed by atoms with van der Waals surface area (Å²) in [4.78, 5) is 29.8. The Kier molecular flexibility index (Phi) is 7.57. The molecule has 1 aromatic heterocycles. The zero-order valence-electron chi connectivity index (χ0n) is 16.7. The molecule has 2 aromatic carbocycles. The molecular formula is C22H23F2N3O2S. The summed E-state index contributed by atoms with van der Waals surface area (Å²) in [5.41, 5.74) is 0.342. The fourth-order valence-electron chi connectivity index (χ4n) is 3.06. The number of fused-ring (bicyclic) bond motifs is 1. The summed E-state index contributed by atoms with van der Waals surface area (Å²) < 4.78 is 28.4. The van der Waals surface area contributed by atoms with Crippen LogP contribution < -0.4 is 10.9 Å². The maximum atomic E-state index is 13.7. The maximum absolute atomic E-state index is 13.7. The van der Waals surface area contributed by atoms with E-state index in [-0.39, 0.29) is 17.0 Å². The molecule has 0 aliphatic rings.